The summed E-state index contributed by atoms with van der Waals surface area (Å²) in [5.41, 5.74) is 7.83. The van der Waals surface area contributed by atoms with Gasteiger partial charge in [0, 0.05) is 0 Å². The van der Waals surface area contributed by atoms with Crippen molar-refractivity contribution >= 4 is 5.69 Å². The van der Waals surface area contributed by atoms with E-state index >= 15 is 0 Å². The third-order valence-electron chi connectivity index (χ3n) is 3.37. The molecule has 1 aliphatic rings. The Morgan fingerprint density at radius 1 is 1.25 bits per heavy atom. The van der Waals surface area contributed by atoms with Crippen molar-refractivity contribution in [1.82, 2.24) is 0 Å². The lowest BCUT2D eigenvalue weighted by atomic mass is 9.90. The molecule has 1 fully saturated rings. The highest BCUT2D eigenvalue weighted by Gasteiger charge is 2.14. The first-order valence-electron chi connectivity index (χ1n) is 6.24. The van der Waals surface area contributed by atoms with Crippen molar-refractivity contribution in [2.24, 2.45) is 5.92 Å². The molecular formula is C14H21NO. The average molecular weight is 219 g/mol. The molecule has 2 N–H and O–H groups in total. The van der Waals surface area contributed by atoms with Gasteiger partial charge in [-0.25, -0.2) is 0 Å². The molecule has 2 rings (SSSR count). The van der Waals surface area contributed by atoms with Crippen LogP contribution in [0.2, 0.25) is 0 Å². The Kier molecular flexibility index (Phi) is 3.70. The smallest absolute Gasteiger partial charge is 0.142 e. The van der Waals surface area contributed by atoms with Gasteiger partial charge in [0.05, 0.1) is 12.3 Å². The second-order valence-electron chi connectivity index (χ2n) is 4.86. The van der Waals surface area contributed by atoms with Gasteiger partial charge >= 0.3 is 0 Å². The highest BCUT2D eigenvalue weighted by molar-refractivity contribution is 5.53. The lowest BCUT2D eigenvalue weighted by molar-refractivity contribution is 0.209. The number of rotatable bonds is 3. The summed E-state index contributed by atoms with van der Waals surface area (Å²) in [7, 11) is 0. The van der Waals surface area contributed by atoms with Crippen LogP contribution >= 0.6 is 0 Å². The normalized spacial score (nSPS) is 17.3. The monoisotopic (exact) mass is 219 g/mol. The lowest BCUT2D eigenvalue weighted by Crippen LogP contribution is -2.15. The molecule has 2 nitrogen and oxygen atoms in total. The summed E-state index contributed by atoms with van der Waals surface area (Å²) < 4.78 is 5.83. The molecule has 0 heterocycles. The molecular weight excluding hydrogens is 198 g/mol. The van der Waals surface area contributed by atoms with E-state index < -0.39 is 0 Å². The first kappa shape index (κ1) is 11.3. The van der Waals surface area contributed by atoms with E-state index in [9.17, 15) is 0 Å². The van der Waals surface area contributed by atoms with Crippen LogP contribution in [-0.2, 0) is 0 Å². The number of aryl methyl sites for hydroxylation is 1. The van der Waals surface area contributed by atoms with E-state index in [1.807, 2.05) is 18.2 Å². The minimum atomic E-state index is 0.730. The van der Waals surface area contributed by atoms with E-state index in [1.165, 1.54) is 37.7 Å². The summed E-state index contributed by atoms with van der Waals surface area (Å²) in [6.45, 7) is 2.89. The number of ether oxygens (including phenoxy) is 1. The highest BCUT2D eigenvalue weighted by Crippen LogP contribution is 2.27. The van der Waals surface area contributed by atoms with Gasteiger partial charge in [0.25, 0.3) is 0 Å². The summed E-state index contributed by atoms with van der Waals surface area (Å²) in [5.74, 6) is 1.58. The SMILES string of the molecule is Cc1ccc(N)c(OCC2CCCCC2)c1. The number of hydrogen-bond acceptors (Lipinski definition) is 2. The van der Waals surface area contributed by atoms with E-state index in [1.54, 1.807) is 0 Å². The Morgan fingerprint density at radius 2 is 2.00 bits per heavy atom. The van der Waals surface area contributed by atoms with Gasteiger partial charge in [-0.05, 0) is 43.4 Å². The Bertz CT molecular complexity index is 343. The summed E-state index contributed by atoms with van der Waals surface area (Å²) in [5, 5.41) is 0. The van der Waals surface area contributed by atoms with Crippen molar-refractivity contribution in [2.75, 3.05) is 12.3 Å². The van der Waals surface area contributed by atoms with Crippen molar-refractivity contribution in [1.29, 1.82) is 0 Å². The van der Waals surface area contributed by atoms with E-state index in [0.29, 0.717) is 0 Å². The van der Waals surface area contributed by atoms with Crippen LogP contribution < -0.4 is 10.5 Å². The molecule has 2 heteroatoms. The quantitative estimate of drug-likeness (QED) is 0.789. The lowest BCUT2D eigenvalue weighted by Gasteiger charge is -2.22. The second-order valence-corrected chi connectivity index (χ2v) is 4.86. The molecule has 0 saturated heterocycles. The fraction of sp³-hybridized carbons (Fsp3) is 0.571. The molecule has 0 unspecified atom stereocenters. The maximum Gasteiger partial charge on any atom is 0.142 e. The number of nitrogen functional groups attached to an aromatic ring is 1. The van der Waals surface area contributed by atoms with Crippen LogP contribution in [0.4, 0.5) is 5.69 Å². The molecule has 16 heavy (non-hydrogen) atoms. The molecule has 0 radical (unpaired) electrons. The Morgan fingerprint density at radius 3 is 2.75 bits per heavy atom. The van der Waals surface area contributed by atoms with E-state index in [2.05, 4.69) is 6.92 Å². The van der Waals surface area contributed by atoms with Crippen LogP contribution in [-0.4, -0.2) is 6.61 Å². The van der Waals surface area contributed by atoms with Crippen LogP contribution in [0.15, 0.2) is 18.2 Å². The van der Waals surface area contributed by atoms with E-state index in [-0.39, 0.29) is 0 Å². The zero-order chi connectivity index (χ0) is 11.4. The summed E-state index contributed by atoms with van der Waals surface area (Å²) in [6.07, 6.45) is 6.73. The minimum absolute atomic E-state index is 0.730. The zero-order valence-electron chi connectivity index (χ0n) is 10.0. The number of anilines is 1. The van der Waals surface area contributed by atoms with Gasteiger partial charge in [0.2, 0.25) is 0 Å². The number of hydrogen-bond donors (Lipinski definition) is 1. The molecule has 1 aliphatic carbocycles. The van der Waals surface area contributed by atoms with Gasteiger partial charge < -0.3 is 10.5 Å². The molecule has 0 aliphatic heterocycles. The third kappa shape index (κ3) is 2.91. The molecule has 0 aromatic heterocycles. The Labute approximate surface area is 97.8 Å². The minimum Gasteiger partial charge on any atom is -0.491 e. The molecule has 0 bridgehead atoms. The fourth-order valence-corrected chi connectivity index (χ4v) is 2.33. The number of nitrogens with two attached hydrogens (primary N) is 1. The van der Waals surface area contributed by atoms with Gasteiger partial charge in [-0.2, -0.15) is 0 Å². The van der Waals surface area contributed by atoms with Gasteiger partial charge in [0.15, 0.2) is 0 Å². The fourth-order valence-electron chi connectivity index (χ4n) is 2.33. The van der Waals surface area contributed by atoms with Gasteiger partial charge in [-0.3, -0.25) is 0 Å². The first-order valence-corrected chi connectivity index (χ1v) is 6.24. The van der Waals surface area contributed by atoms with E-state index in [4.69, 9.17) is 10.5 Å². The third-order valence-corrected chi connectivity index (χ3v) is 3.37. The summed E-state index contributed by atoms with van der Waals surface area (Å²) >= 11 is 0. The topological polar surface area (TPSA) is 35.2 Å². The van der Waals surface area contributed by atoms with Crippen LogP contribution in [0.1, 0.15) is 37.7 Å². The van der Waals surface area contributed by atoms with Crippen LogP contribution in [0, 0.1) is 12.8 Å². The van der Waals surface area contributed by atoms with Gasteiger partial charge in [-0.1, -0.05) is 25.3 Å². The standard InChI is InChI=1S/C14H21NO/c1-11-7-8-13(15)14(9-11)16-10-12-5-3-2-4-6-12/h7-9,12H,2-6,10,15H2,1H3. The molecule has 1 aromatic rings. The van der Waals surface area contributed by atoms with Crippen molar-refractivity contribution in [2.45, 2.75) is 39.0 Å². The van der Waals surface area contributed by atoms with Gasteiger partial charge in [0.1, 0.15) is 5.75 Å². The Hall–Kier alpha value is -1.18. The van der Waals surface area contributed by atoms with Crippen LogP contribution in [0.5, 0.6) is 5.75 Å². The van der Waals surface area contributed by atoms with Crippen molar-refractivity contribution < 1.29 is 4.74 Å². The highest BCUT2D eigenvalue weighted by atomic mass is 16.5. The molecule has 0 atom stereocenters. The maximum absolute atomic E-state index is 5.88. The maximum atomic E-state index is 5.88. The first-order chi connectivity index (χ1) is 7.75. The molecule has 0 spiro atoms. The predicted octanol–water partition coefficient (Wildman–Crippen LogP) is 3.54. The zero-order valence-corrected chi connectivity index (χ0v) is 10.0. The largest absolute Gasteiger partial charge is 0.491 e. The molecule has 1 saturated carbocycles. The van der Waals surface area contributed by atoms with Gasteiger partial charge in [-0.15, -0.1) is 0 Å². The Balaban J connectivity index is 1.90. The number of benzene rings is 1. The average Bonchev–Trinajstić information content (AvgIpc) is 2.32. The van der Waals surface area contributed by atoms with Crippen LogP contribution in [0.25, 0.3) is 0 Å². The van der Waals surface area contributed by atoms with Crippen LogP contribution in [0.3, 0.4) is 0 Å². The molecule has 0 amide bonds. The van der Waals surface area contributed by atoms with Crippen molar-refractivity contribution in [3.8, 4) is 5.75 Å². The second kappa shape index (κ2) is 5.24. The summed E-state index contributed by atoms with van der Waals surface area (Å²) in [4.78, 5) is 0. The summed E-state index contributed by atoms with van der Waals surface area (Å²) in [6, 6.07) is 5.96. The predicted molar refractivity (Wildman–Crippen MR) is 67.7 cm³/mol. The molecule has 1 aromatic carbocycles. The molecule has 88 valence electrons. The van der Waals surface area contributed by atoms with E-state index in [0.717, 1.165) is 24.0 Å². The van der Waals surface area contributed by atoms with Crippen molar-refractivity contribution in [3.63, 3.8) is 0 Å². The van der Waals surface area contributed by atoms with Crippen molar-refractivity contribution in [3.05, 3.63) is 23.8 Å².